The quantitative estimate of drug-likeness (QED) is 0.350. The van der Waals surface area contributed by atoms with Gasteiger partial charge in [-0.1, -0.05) is 60.3 Å². The van der Waals surface area contributed by atoms with E-state index in [0.717, 1.165) is 63.4 Å². The number of rotatable bonds is 12. The van der Waals surface area contributed by atoms with Crippen LogP contribution < -0.4 is 5.32 Å². The van der Waals surface area contributed by atoms with Crippen LogP contribution in [-0.2, 0) is 0 Å². The molecule has 2 heterocycles. The number of nitrogens with zero attached hydrogens (tertiary/aromatic N) is 3. The summed E-state index contributed by atoms with van der Waals surface area (Å²) in [6.45, 7) is 16.6. The van der Waals surface area contributed by atoms with E-state index in [1.165, 1.54) is 44.9 Å². The highest BCUT2D eigenvalue weighted by Crippen LogP contribution is 2.30. The number of guanidine groups is 2. The fourth-order valence-electron chi connectivity index (χ4n) is 5.97. The van der Waals surface area contributed by atoms with E-state index in [1.807, 2.05) is 0 Å². The Labute approximate surface area is 203 Å². The summed E-state index contributed by atoms with van der Waals surface area (Å²) < 4.78 is 0. The average molecular weight is 461 g/mol. The Kier molecular flexibility index (Phi) is 9.75. The molecule has 1 aliphatic carbocycles. The van der Waals surface area contributed by atoms with E-state index in [9.17, 15) is 0 Å². The van der Waals surface area contributed by atoms with E-state index in [1.54, 1.807) is 0 Å². The van der Waals surface area contributed by atoms with Crippen LogP contribution in [0.3, 0.4) is 0 Å². The van der Waals surface area contributed by atoms with Gasteiger partial charge < -0.3 is 20.0 Å². The van der Waals surface area contributed by atoms with Gasteiger partial charge in [0.05, 0.1) is 6.04 Å². The largest absolute Gasteiger partial charge is 0.354 e. The van der Waals surface area contributed by atoms with Gasteiger partial charge in [-0.15, -0.1) is 0 Å². The fourth-order valence-corrected chi connectivity index (χ4v) is 5.97. The van der Waals surface area contributed by atoms with E-state index in [4.69, 9.17) is 10.8 Å². The second-order valence-electron chi connectivity index (χ2n) is 11.5. The van der Waals surface area contributed by atoms with E-state index >= 15 is 0 Å². The zero-order chi connectivity index (χ0) is 24.0. The third kappa shape index (κ3) is 6.79. The lowest BCUT2D eigenvalue weighted by Crippen LogP contribution is -2.41. The van der Waals surface area contributed by atoms with Crippen LogP contribution in [0.4, 0.5) is 0 Å². The van der Waals surface area contributed by atoms with Crippen LogP contribution in [0.2, 0.25) is 0 Å². The van der Waals surface area contributed by atoms with Crippen molar-refractivity contribution in [1.29, 1.82) is 10.8 Å². The molecule has 4 atom stereocenters. The lowest BCUT2D eigenvalue weighted by molar-refractivity contribution is 0.213. The highest BCUT2D eigenvalue weighted by Gasteiger charge is 2.37. The lowest BCUT2D eigenvalue weighted by atomic mass is 9.82. The Hall–Kier alpha value is -1.46. The molecular weight excluding hydrogens is 408 g/mol. The van der Waals surface area contributed by atoms with E-state index in [0.29, 0.717) is 29.9 Å². The number of hydrogen-bond donors (Lipinski definition) is 3. The second kappa shape index (κ2) is 12.3. The van der Waals surface area contributed by atoms with Gasteiger partial charge in [0, 0.05) is 38.8 Å². The standard InChI is InChI=1S/C27H52N6/c1-6-20(3)17-33-25(22(5)7-2)19-31(27(33)29)15-9-8-10-24-16-30-26(28)32(24)18-23-13-11-21(4)12-14-23/h20-25,29H,6-19H2,1-5H3,(H2,28,30)/t20?,21?,22?,23?,24-,25+/m0/s1. The molecule has 0 spiro atoms. The highest BCUT2D eigenvalue weighted by molar-refractivity contribution is 5.80. The van der Waals surface area contributed by atoms with Crippen LogP contribution in [0.15, 0.2) is 0 Å². The summed E-state index contributed by atoms with van der Waals surface area (Å²) in [6.07, 6.45) is 11.2. The molecule has 0 amide bonds. The maximum atomic E-state index is 8.85. The maximum absolute atomic E-state index is 8.85. The van der Waals surface area contributed by atoms with Crippen LogP contribution in [0.1, 0.15) is 92.4 Å². The van der Waals surface area contributed by atoms with Crippen LogP contribution >= 0.6 is 0 Å². The lowest BCUT2D eigenvalue weighted by Gasteiger charge is -2.33. The first-order valence-electron chi connectivity index (χ1n) is 14.0. The molecule has 3 fully saturated rings. The molecule has 2 saturated heterocycles. The molecule has 1 saturated carbocycles. The Morgan fingerprint density at radius 1 is 1.00 bits per heavy atom. The molecule has 6 nitrogen and oxygen atoms in total. The van der Waals surface area contributed by atoms with Gasteiger partial charge in [-0.25, -0.2) is 0 Å². The first-order valence-corrected chi connectivity index (χ1v) is 14.0. The van der Waals surface area contributed by atoms with Gasteiger partial charge in [0.15, 0.2) is 11.9 Å². The molecule has 190 valence electrons. The SMILES string of the molecule is CCC(C)CN1C(=N)N(CCCC[C@H]2CNC(=N)N2CC2CCC(C)CC2)C[C@@H]1C(C)CC. The summed E-state index contributed by atoms with van der Waals surface area (Å²) in [5.41, 5.74) is 0. The molecule has 2 unspecified atom stereocenters. The van der Waals surface area contributed by atoms with Crippen LogP contribution in [0.5, 0.6) is 0 Å². The highest BCUT2D eigenvalue weighted by atomic mass is 15.4. The van der Waals surface area contributed by atoms with Gasteiger partial charge in [0.25, 0.3) is 0 Å². The molecule has 0 radical (unpaired) electrons. The van der Waals surface area contributed by atoms with E-state index in [2.05, 4.69) is 54.6 Å². The summed E-state index contributed by atoms with van der Waals surface area (Å²) in [5.74, 6) is 4.34. The topological polar surface area (TPSA) is 69.5 Å². The van der Waals surface area contributed by atoms with Crippen LogP contribution in [0.25, 0.3) is 0 Å². The molecule has 0 aromatic rings. The van der Waals surface area contributed by atoms with Crippen LogP contribution in [0, 0.1) is 34.5 Å². The van der Waals surface area contributed by atoms with Gasteiger partial charge in [-0.05, 0) is 55.8 Å². The minimum Gasteiger partial charge on any atom is -0.354 e. The molecule has 2 aliphatic heterocycles. The van der Waals surface area contributed by atoms with Gasteiger partial charge in [-0.3, -0.25) is 10.8 Å². The molecule has 3 N–H and O–H groups in total. The zero-order valence-corrected chi connectivity index (χ0v) is 22.2. The first kappa shape index (κ1) is 26.2. The van der Waals surface area contributed by atoms with Crippen molar-refractivity contribution in [2.75, 3.05) is 32.7 Å². The zero-order valence-electron chi connectivity index (χ0n) is 22.2. The predicted molar refractivity (Wildman–Crippen MR) is 140 cm³/mol. The predicted octanol–water partition coefficient (Wildman–Crippen LogP) is 5.20. The van der Waals surface area contributed by atoms with Crippen molar-refractivity contribution >= 4 is 11.9 Å². The summed E-state index contributed by atoms with van der Waals surface area (Å²) in [7, 11) is 0. The maximum Gasteiger partial charge on any atom is 0.194 e. The summed E-state index contributed by atoms with van der Waals surface area (Å²) in [4.78, 5) is 7.11. The van der Waals surface area contributed by atoms with Crippen molar-refractivity contribution < 1.29 is 0 Å². The molecule has 6 heteroatoms. The van der Waals surface area contributed by atoms with Gasteiger partial charge >= 0.3 is 0 Å². The second-order valence-corrected chi connectivity index (χ2v) is 11.5. The molecule has 3 aliphatic rings. The average Bonchev–Trinajstić information content (AvgIpc) is 3.31. The van der Waals surface area contributed by atoms with Gasteiger partial charge in [0.2, 0.25) is 0 Å². The molecule has 0 aromatic carbocycles. The normalized spacial score (nSPS) is 30.2. The van der Waals surface area contributed by atoms with Crippen molar-refractivity contribution in [2.24, 2.45) is 23.7 Å². The van der Waals surface area contributed by atoms with Crippen molar-refractivity contribution in [2.45, 2.75) is 104 Å². The smallest absolute Gasteiger partial charge is 0.194 e. The first-order chi connectivity index (χ1) is 15.8. The summed E-state index contributed by atoms with van der Waals surface area (Å²) in [6, 6.07) is 0.967. The van der Waals surface area contributed by atoms with Crippen molar-refractivity contribution in [3.8, 4) is 0 Å². The minimum atomic E-state index is 0.477. The molecular formula is C27H52N6. The van der Waals surface area contributed by atoms with E-state index in [-0.39, 0.29) is 0 Å². The summed E-state index contributed by atoms with van der Waals surface area (Å²) >= 11 is 0. The third-order valence-corrected chi connectivity index (χ3v) is 8.92. The number of nitrogens with one attached hydrogen (secondary N) is 3. The number of hydrogen-bond acceptors (Lipinski definition) is 2. The van der Waals surface area contributed by atoms with Crippen molar-refractivity contribution in [3.05, 3.63) is 0 Å². The number of unbranched alkanes of at least 4 members (excludes halogenated alkanes) is 1. The molecule has 3 rings (SSSR count). The van der Waals surface area contributed by atoms with Crippen LogP contribution in [-0.4, -0.2) is 71.4 Å². The minimum absolute atomic E-state index is 0.477. The van der Waals surface area contributed by atoms with Crippen molar-refractivity contribution in [1.82, 2.24) is 20.0 Å². The molecule has 0 bridgehead atoms. The molecule has 33 heavy (non-hydrogen) atoms. The monoisotopic (exact) mass is 460 g/mol. The van der Waals surface area contributed by atoms with Gasteiger partial charge in [0.1, 0.15) is 0 Å². The Morgan fingerprint density at radius 2 is 1.73 bits per heavy atom. The third-order valence-electron chi connectivity index (χ3n) is 8.92. The Bertz CT molecular complexity index is 628. The van der Waals surface area contributed by atoms with Gasteiger partial charge in [-0.2, -0.15) is 0 Å². The molecule has 0 aromatic heterocycles. The van der Waals surface area contributed by atoms with E-state index < -0.39 is 0 Å². The Balaban J connectivity index is 1.45. The fraction of sp³-hybridized carbons (Fsp3) is 0.926. The summed E-state index contributed by atoms with van der Waals surface area (Å²) in [5, 5.41) is 20.6. The Morgan fingerprint density at radius 3 is 2.39 bits per heavy atom. The van der Waals surface area contributed by atoms with Crippen molar-refractivity contribution in [3.63, 3.8) is 0 Å².